The molecule has 154 valence electrons. The molecule has 0 saturated heterocycles. The van der Waals surface area contributed by atoms with E-state index in [1.807, 2.05) is 31.2 Å². The molecule has 1 heterocycles. The Labute approximate surface area is 173 Å². The van der Waals surface area contributed by atoms with Gasteiger partial charge in [-0.3, -0.25) is 14.6 Å². The number of nitrogens with zero attached hydrogens (tertiary/aromatic N) is 2. The number of hydrogen-bond donors (Lipinski definition) is 1. The van der Waals surface area contributed by atoms with E-state index in [-0.39, 0.29) is 6.61 Å². The zero-order valence-corrected chi connectivity index (χ0v) is 16.6. The first kappa shape index (κ1) is 20.8. The fourth-order valence-electron chi connectivity index (χ4n) is 2.66. The van der Waals surface area contributed by atoms with Crippen molar-refractivity contribution in [2.75, 3.05) is 13.2 Å². The number of nitrogens with one attached hydrogen (secondary N) is 1. The Morgan fingerprint density at radius 3 is 2.70 bits per heavy atom. The van der Waals surface area contributed by atoms with Gasteiger partial charge < -0.3 is 14.2 Å². The van der Waals surface area contributed by atoms with Crippen molar-refractivity contribution in [3.63, 3.8) is 0 Å². The zero-order chi connectivity index (χ0) is 21.3. The summed E-state index contributed by atoms with van der Waals surface area (Å²) in [6, 6.07) is 14.2. The van der Waals surface area contributed by atoms with E-state index in [9.17, 15) is 9.59 Å². The largest absolute Gasteiger partial charge is 0.490 e. The van der Waals surface area contributed by atoms with Crippen LogP contribution in [0, 0.1) is 0 Å². The van der Waals surface area contributed by atoms with Gasteiger partial charge in [-0.05, 0) is 42.8 Å². The van der Waals surface area contributed by atoms with Gasteiger partial charge in [-0.2, -0.15) is 5.10 Å². The van der Waals surface area contributed by atoms with Crippen molar-refractivity contribution >= 4 is 29.0 Å². The molecule has 0 fully saturated rings. The predicted octanol–water partition coefficient (Wildman–Crippen LogP) is 3.09. The summed E-state index contributed by atoms with van der Waals surface area (Å²) in [6.45, 7) is 3.34. The van der Waals surface area contributed by atoms with E-state index in [1.165, 1.54) is 13.1 Å². The molecule has 1 N–H and O–H groups in total. The van der Waals surface area contributed by atoms with Crippen molar-refractivity contribution in [1.29, 1.82) is 0 Å². The first-order chi connectivity index (χ1) is 14.6. The number of benzene rings is 2. The molecule has 3 aromatic rings. The van der Waals surface area contributed by atoms with Crippen LogP contribution in [0.5, 0.6) is 17.2 Å². The maximum atomic E-state index is 12.0. The lowest BCUT2D eigenvalue weighted by molar-refractivity contribution is -0.132. The highest BCUT2D eigenvalue weighted by molar-refractivity contribution is 5.86. The van der Waals surface area contributed by atoms with Crippen LogP contribution in [0.15, 0.2) is 59.8 Å². The van der Waals surface area contributed by atoms with Gasteiger partial charge in [0.2, 0.25) is 0 Å². The first-order valence-electron chi connectivity index (χ1n) is 9.30. The summed E-state index contributed by atoms with van der Waals surface area (Å²) in [5, 5.41) is 4.85. The maximum absolute atomic E-state index is 12.0. The van der Waals surface area contributed by atoms with Crippen molar-refractivity contribution in [1.82, 2.24) is 10.4 Å². The summed E-state index contributed by atoms with van der Waals surface area (Å²) in [6.07, 6.45) is 3.13. The third-order valence-corrected chi connectivity index (χ3v) is 3.88. The number of esters is 1. The van der Waals surface area contributed by atoms with Crippen molar-refractivity contribution < 1.29 is 23.8 Å². The van der Waals surface area contributed by atoms with Gasteiger partial charge in [0.1, 0.15) is 11.3 Å². The van der Waals surface area contributed by atoms with E-state index in [2.05, 4.69) is 15.5 Å². The second kappa shape index (κ2) is 10.0. The maximum Gasteiger partial charge on any atom is 0.308 e. The average Bonchev–Trinajstić information content (AvgIpc) is 2.74. The van der Waals surface area contributed by atoms with Crippen LogP contribution in [0.4, 0.5) is 0 Å². The van der Waals surface area contributed by atoms with Crippen LogP contribution in [0.25, 0.3) is 10.9 Å². The minimum atomic E-state index is -0.439. The second-order valence-corrected chi connectivity index (χ2v) is 6.15. The zero-order valence-electron chi connectivity index (χ0n) is 16.6. The molecule has 0 atom stereocenters. The molecule has 0 unspecified atom stereocenters. The number of ether oxygens (including phenoxy) is 3. The quantitative estimate of drug-likeness (QED) is 0.267. The number of hydrogen-bond acceptors (Lipinski definition) is 7. The summed E-state index contributed by atoms with van der Waals surface area (Å²) in [5.41, 5.74) is 3.76. The molecule has 8 nitrogen and oxygen atoms in total. The van der Waals surface area contributed by atoms with Crippen molar-refractivity contribution in [3.05, 3.63) is 60.3 Å². The van der Waals surface area contributed by atoms with Crippen LogP contribution in [0.2, 0.25) is 0 Å². The third kappa shape index (κ3) is 5.54. The first-order valence-corrected chi connectivity index (χ1v) is 9.30. The molecule has 1 amide bonds. The smallest absolute Gasteiger partial charge is 0.308 e. The molecule has 3 rings (SSSR count). The van der Waals surface area contributed by atoms with Crippen LogP contribution in [0.1, 0.15) is 19.4 Å². The highest BCUT2D eigenvalue weighted by atomic mass is 16.6. The molecule has 0 bridgehead atoms. The number of rotatable bonds is 8. The third-order valence-electron chi connectivity index (χ3n) is 3.88. The van der Waals surface area contributed by atoms with Gasteiger partial charge in [0.05, 0.1) is 12.8 Å². The second-order valence-electron chi connectivity index (χ2n) is 6.15. The molecule has 0 spiro atoms. The van der Waals surface area contributed by atoms with Gasteiger partial charge in [-0.25, -0.2) is 5.43 Å². The lowest BCUT2D eigenvalue weighted by Crippen LogP contribution is -2.24. The van der Waals surface area contributed by atoms with Crippen LogP contribution in [0.3, 0.4) is 0 Å². The molecule has 30 heavy (non-hydrogen) atoms. The minimum absolute atomic E-state index is 0.206. The monoisotopic (exact) mass is 407 g/mol. The lowest BCUT2D eigenvalue weighted by atomic mass is 10.2. The van der Waals surface area contributed by atoms with Crippen LogP contribution in [-0.2, 0) is 9.59 Å². The summed E-state index contributed by atoms with van der Waals surface area (Å²) in [5.74, 6) is 0.402. The van der Waals surface area contributed by atoms with Gasteiger partial charge in [-0.15, -0.1) is 0 Å². The highest BCUT2D eigenvalue weighted by Crippen LogP contribution is 2.28. The van der Waals surface area contributed by atoms with Gasteiger partial charge in [0.25, 0.3) is 5.91 Å². The molecule has 2 aromatic carbocycles. The standard InChI is InChI=1S/C22H21N3O5/c1-3-28-20-12-16(9-10-18(20)30-15(2)26)13-24-25-21(27)14-29-19-8-4-6-17-7-5-11-23-22(17)19/h4-13H,3,14H2,1-2H3,(H,25,27)/b24-13-. The fraction of sp³-hybridized carbons (Fsp3) is 0.182. The van der Waals surface area contributed by atoms with Gasteiger partial charge >= 0.3 is 5.97 Å². The SMILES string of the molecule is CCOc1cc(/C=N\NC(=O)COc2cccc3cccnc23)ccc1OC(C)=O. The molecular formula is C22H21N3O5. The number of carbonyl (C=O) groups excluding carboxylic acids is 2. The van der Waals surface area contributed by atoms with E-state index >= 15 is 0 Å². The average molecular weight is 407 g/mol. The molecule has 1 aromatic heterocycles. The molecule has 8 heteroatoms. The number of carbonyl (C=O) groups is 2. The summed E-state index contributed by atoms with van der Waals surface area (Å²) >= 11 is 0. The molecule has 0 radical (unpaired) electrons. The summed E-state index contributed by atoms with van der Waals surface area (Å²) in [4.78, 5) is 27.5. The molecule has 0 aliphatic heterocycles. The summed E-state index contributed by atoms with van der Waals surface area (Å²) in [7, 11) is 0. The van der Waals surface area contributed by atoms with E-state index in [1.54, 1.807) is 30.5 Å². The Morgan fingerprint density at radius 2 is 1.90 bits per heavy atom. The van der Waals surface area contributed by atoms with E-state index in [0.29, 0.717) is 34.9 Å². The van der Waals surface area contributed by atoms with E-state index in [4.69, 9.17) is 14.2 Å². The number of hydrazone groups is 1. The Hall–Kier alpha value is -3.94. The van der Waals surface area contributed by atoms with Crippen LogP contribution in [-0.4, -0.2) is 36.3 Å². The molecular weight excluding hydrogens is 386 g/mol. The molecule has 0 aliphatic carbocycles. The molecule has 0 saturated carbocycles. The number of amides is 1. The van der Waals surface area contributed by atoms with Gasteiger partial charge in [0, 0.05) is 18.5 Å². The predicted molar refractivity (Wildman–Crippen MR) is 112 cm³/mol. The number of para-hydroxylation sites is 1. The Kier molecular flexibility index (Phi) is 6.94. The highest BCUT2D eigenvalue weighted by Gasteiger charge is 2.09. The summed E-state index contributed by atoms with van der Waals surface area (Å²) < 4.78 is 16.1. The number of aromatic nitrogens is 1. The van der Waals surface area contributed by atoms with Crippen molar-refractivity contribution in [2.24, 2.45) is 5.10 Å². The van der Waals surface area contributed by atoms with Gasteiger partial charge in [-0.1, -0.05) is 18.2 Å². The number of pyridine rings is 1. The Balaban J connectivity index is 1.58. The normalized spacial score (nSPS) is 10.7. The Morgan fingerprint density at radius 1 is 1.07 bits per heavy atom. The fourth-order valence-corrected chi connectivity index (χ4v) is 2.66. The minimum Gasteiger partial charge on any atom is -0.490 e. The van der Waals surface area contributed by atoms with Crippen LogP contribution < -0.4 is 19.6 Å². The number of fused-ring (bicyclic) bond motifs is 1. The topological polar surface area (TPSA) is 99.1 Å². The van der Waals surface area contributed by atoms with Crippen LogP contribution >= 0.6 is 0 Å². The van der Waals surface area contributed by atoms with Crippen molar-refractivity contribution in [2.45, 2.75) is 13.8 Å². The van der Waals surface area contributed by atoms with Crippen molar-refractivity contribution in [3.8, 4) is 17.2 Å². The molecule has 0 aliphatic rings. The van der Waals surface area contributed by atoms with E-state index < -0.39 is 11.9 Å². The lowest BCUT2D eigenvalue weighted by Gasteiger charge is -2.10. The van der Waals surface area contributed by atoms with E-state index in [0.717, 1.165) is 5.39 Å². The Bertz CT molecular complexity index is 1080. The van der Waals surface area contributed by atoms with Gasteiger partial charge in [0.15, 0.2) is 18.1 Å².